The molecule has 116 valence electrons. The van der Waals surface area contributed by atoms with E-state index in [0.29, 0.717) is 0 Å². The highest BCUT2D eigenvalue weighted by Gasteiger charge is 2.33. The fourth-order valence-corrected chi connectivity index (χ4v) is 3.73. The molecule has 2 aliphatic rings. The first-order valence-electron chi connectivity index (χ1n) is 8.17. The summed E-state index contributed by atoms with van der Waals surface area (Å²) in [4.78, 5) is 14.3. The Labute approximate surface area is 126 Å². The van der Waals surface area contributed by atoms with Crippen molar-refractivity contribution in [3.05, 3.63) is 12.4 Å². The molecule has 3 atom stereocenters. The maximum absolute atomic E-state index is 12.5. The van der Waals surface area contributed by atoms with Crippen LogP contribution in [-0.2, 0) is 11.8 Å². The maximum Gasteiger partial charge on any atom is 0.244 e. The molecule has 0 bridgehead atoms. The van der Waals surface area contributed by atoms with Crippen LogP contribution in [0.5, 0.6) is 0 Å². The summed E-state index contributed by atoms with van der Waals surface area (Å²) in [5.74, 6) is 1.79. The van der Waals surface area contributed by atoms with Gasteiger partial charge in [-0.25, -0.2) is 0 Å². The van der Waals surface area contributed by atoms with Gasteiger partial charge in [0.2, 0.25) is 5.91 Å². The molecule has 3 unspecified atom stereocenters. The van der Waals surface area contributed by atoms with Crippen molar-refractivity contribution in [2.24, 2.45) is 18.9 Å². The SMILES string of the molecule is CC1CCCC(CNC2CCN(c3cnn(C)c3)C2=O)C1. The molecule has 1 saturated heterocycles. The van der Waals surface area contributed by atoms with Gasteiger partial charge in [-0.15, -0.1) is 0 Å². The summed E-state index contributed by atoms with van der Waals surface area (Å²) in [5, 5.41) is 7.66. The second-order valence-corrected chi connectivity index (χ2v) is 6.75. The number of hydrogen-bond acceptors (Lipinski definition) is 3. The molecule has 2 fully saturated rings. The number of anilines is 1. The van der Waals surface area contributed by atoms with Crippen molar-refractivity contribution in [2.75, 3.05) is 18.0 Å². The number of nitrogens with zero attached hydrogens (tertiary/aromatic N) is 3. The summed E-state index contributed by atoms with van der Waals surface area (Å²) in [5.41, 5.74) is 0.915. The van der Waals surface area contributed by atoms with Gasteiger partial charge in [0.25, 0.3) is 0 Å². The van der Waals surface area contributed by atoms with Gasteiger partial charge in [-0.3, -0.25) is 9.48 Å². The summed E-state index contributed by atoms with van der Waals surface area (Å²) < 4.78 is 1.74. The molecule has 1 aromatic rings. The average molecular weight is 290 g/mol. The molecule has 1 aliphatic heterocycles. The van der Waals surface area contributed by atoms with Gasteiger partial charge in [0.1, 0.15) is 0 Å². The summed E-state index contributed by atoms with van der Waals surface area (Å²) in [6.45, 7) is 4.13. The lowest BCUT2D eigenvalue weighted by Gasteiger charge is -2.27. The van der Waals surface area contributed by atoms with Crippen LogP contribution >= 0.6 is 0 Å². The van der Waals surface area contributed by atoms with Gasteiger partial charge in [-0.05, 0) is 37.6 Å². The molecule has 1 aliphatic carbocycles. The Bertz CT molecular complexity index is 498. The molecule has 1 saturated carbocycles. The molecule has 21 heavy (non-hydrogen) atoms. The highest BCUT2D eigenvalue weighted by Crippen LogP contribution is 2.28. The Hall–Kier alpha value is -1.36. The Morgan fingerprint density at radius 3 is 2.95 bits per heavy atom. The van der Waals surface area contributed by atoms with Gasteiger partial charge < -0.3 is 10.2 Å². The van der Waals surface area contributed by atoms with Crippen molar-refractivity contribution in [3.8, 4) is 0 Å². The van der Waals surface area contributed by atoms with E-state index in [2.05, 4.69) is 17.3 Å². The lowest BCUT2D eigenvalue weighted by molar-refractivity contribution is -0.118. The minimum absolute atomic E-state index is 0.0116. The minimum Gasteiger partial charge on any atom is -0.308 e. The molecule has 1 amide bonds. The predicted molar refractivity (Wildman–Crippen MR) is 83.1 cm³/mol. The van der Waals surface area contributed by atoms with Gasteiger partial charge >= 0.3 is 0 Å². The average Bonchev–Trinajstić information content (AvgIpc) is 3.03. The van der Waals surface area contributed by atoms with E-state index in [-0.39, 0.29) is 11.9 Å². The molecule has 0 radical (unpaired) electrons. The van der Waals surface area contributed by atoms with E-state index >= 15 is 0 Å². The zero-order chi connectivity index (χ0) is 14.8. The standard InChI is InChI=1S/C16H26N4O/c1-12-4-3-5-13(8-12)9-17-15-6-7-20(16(15)21)14-10-18-19(2)11-14/h10-13,15,17H,3-9H2,1-2H3. The molecule has 5 nitrogen and oxygen atoms in total. The second kappa shape index (κ2) is 6.18. The normalized spacial score (nSPS) is 30.1. The van der Waals surface area contributed by atoms with Crippen LogP contribution in [0.4, 0.5) is 5.69 Å². The molecule has 1 aromatic heterocycles. The Morgan fingerprint density at radius 1 is 1.38 bits per heavy atom. The van der Waals surface area contributed by atoms with E-state index in [1.807, 2.05) is 18.1 Å². The molecule has 1 N–H and O–H groups in total. The first kappa shape index (κ1) is 14.6. The van der Waals surface area contributed by atoms with Crippen molar-refractivity contribution in [3.63, 3.8) is 0 Å². The topological polar surface area (TPSA) is 50.2 Å². The van der Waals surface area contributed by atoms with Crippen LogP contribution in [0.15, 0.2) is 12.4 Å². The van der Waals surface area contributed by atoms with Gasteiger partial charge in [0, 0.05) is 19.8 Å². The van der Waals surface area contributed by atoms with Gasteiger partial charge in [0.15, 0.2) is 0 Å². The van der Waals surface area contributed by atoms with Crippen molar-refractivity contribution in [1.82, 2.24) is 15.1 Å². The van der Waals surface area contributed by atoms with E-state index in [9.17, 15) is 4.79 Å². The summed E-state index contributed by atoms with van der Waals surface area (Å²) in [7, 11) is 1.88. The molecular weight excluding hydrogens is 264 g/mol. The van der Waals surface area contributed by atoms with Crippen LogP contribution in [0, 0.1) is 11.8 Å². The van der Waals surface area contributed by atoms with Crippen molar-refractivity contribution >= 4 is 11.6 Å². The van der Waals surface area contributed by atoms with Crippen LogP contribution < -0.4 is 10.2 Å². The molecule has 5 heteroatoms. The maximum atomic E-state index is 12.5. The van der Waals surface area contributed by atoms with Crippen LogP contribution in [0.2, 0.25) is 0 Å². The van der Waals surface area contributed by atoms with E-state index in [0.717, 1.165) is 37.0 Å². The molecule has 0 aromatic carbocycles. The van der Waals surface area contributed by atoms with Gasteiger partial charge in [-0.2, -0.15) is 5.10 Å². The van der Waals surface area contributed by atoms with E-state index in [1.54, 1.807) is 10.9 Å². The lowest BCUT2D eigenvalue weighted by atomic mass is 9.82. The van der Waals surface area contributed by atoms with Crippen LogP contribution in [0.1, 0.15) is 39.0 Å². The number of hydrogen-bond donors (Lipinski definition) is 1. The fraction of sp³-hybridized carbons (Fsp3) is 0.750. The van der Waals surface area contributed by atoms with E-state index in [1.165, 1.54) is 25.7 Å². The molecule has 0 spiro atoms. The molecule has 3 rings (SSSR count). The molecule has 2 heterocycles. The monoisotopic (exact) mass is 290 g/mol. The summed E-state index contributed by atoms with van der Waals surface area (Å²) in [6.07, 6.45) is 9.90. The number of rotatable bonds is 4. The number of carbonyl (C=O) groups excluding carboxylic acids is 1. The zero-order valence-corrected chi connectivity index (χ0v) is 13.1. The third-order valence-electron chi connectivity index (χ3n) is 4.91. The van der Waals surface area contributed by atoms with Crippen molar-refractivity contribution in [2.45, 2.75) is 45.1 Å². The van der Waals surface area contributed by atoms with Crippen molar-refractivity contribution in [1.29, 1.82) is 0 Å². The minimum atomic E-state index is -0.0116. The number of aromatic nitrogens is 2. The lowest BCUT2D eigenvalue weighted by Crippen LogP contribution is -2.41. The Balaban J connectivity index is 1.52. The third kappa shape index (κ3) is 3.28. The second-order valence-electron chi connectivity index (χ2n) is 6.75. The number of amides is 1. The number of carbonyl (C=O) groups is 1. The number of nitrogens with one attached hydrogen (secondary N) is 1. The van der Waals surface area contributed by atoms with Crippen LogP contribution in [0.25, 0.3) is 0 Å². The summed E-state index contributed by atoms with van der Waals surface area (Å²) in [6, 6.07) is -0.0116. The Morgan fingerprint density at radius 2 is 2.24 bits per heavy atom. The van der Waals surface area contributed by atoms with Crippen LogP contribution in [-0.4, -0.2) is 34.8 Å². The highest BCUT2D eigenvalue weighted by atomic mass is 16.2. The smallest absolute Gasteiger partial charge is 0.244 e. The highest BCUT2D eigenvalue weighted by molar-refractivity contribution is 5.99. The van der Waals surface area contributed by atoms with E-state index in [4.69, 9.17) is 0 Å². The predicted octanol–water partition coefficient (Wildman–Crippen LogP) is 1.94. The first-order chi connectivity index (χ1) is 10.1. The van der Waals surface area contributed by atoms with Gasteiger partial charge in [0.05, 0.1) is 17.9 Å². The quantitative estimate of drug-likeness (QED) is 0.922. The molecular formula is C16H26N4O. The van der Waals surface area contributed by atoms with Crippen molar-refractivity contribution < 1.29 is 4.79 Å². The zero-order valence-electron chi connectivity index (χ0n) is 13.1. The third-order valence-corrected chi connectivity index (χ3v) is 4.91. The number of aryl methyl sites for hydroxylation is 1. The first-order valence-corrected chi connectivity index (χ1v) is 8.17. The van der Waals surface area contributed by atoms with E-state index < -0.39 is 0 Å². The van der Waals surface area contributed by atoms with Gasteiger partial charge in [-0.1, -0.05) is 19.8 Å². The van der Waals surface area contributed by atoms with Crippen LogP contribution in [0.3, 0.4) is 0 Å². The fourth-order valence-electron chi connectivity index (χ4n) is 3.73. The Kier molecular flexibility index (Phi) is 4.29. The summed E-state index contributed by atoms with van der Waals surface area (Å²) >= 11 is 0. The largest absolute Gasteiger partial charge is 0.308 e.